The minimum atomic E-state index is -0.137. The summed E-state index contributed by atoms with van der Waals surface area (Å²) in [5, 5.41) is 12.5. The third-order valence-electron chi connectivity index (χ3n) is 4.39. The first-order chi connectivity index (χ1) is 13.6. The number of carbonyl (C=O) groups is 1. The fourth-order valence-electron chi connectivity index (χ4n) is 2.98. The van der Waals surface area contributed by atoms with E-state index in [1.54, 1.807) is 12.1 Å². The summed E-state index contributed by atoms with van der Waals surface area (Å²) < 4.78 is 11.3. The second kappa shape index (κ2) is 12.2. The Hall–Kier alpha value is -2.37. The van der Waals surface area contributed by atoms with E-state index >= 15 is 0 Å². The van der Waals surface area contributed by atoms with Crippen LogP contribution in [0.2, 0.25) is 0 Å². The minimum absolute atomic E-state index is 0.00841. The van der Waals surface area contributed by atoms with E-state index in [9.17, 15) is 9.90 Å². The van der Waals surface area contributed by atoms with E-state index in [4.69, 9.17) is 9.47 Å². The van der Waals surface area contributed by atoms with Crippen molar-refractivity contribution >= 4 is 5.91 Å². The van der Waals surface area contributed by atoms with Crippen molar-refractivity contribution in [3.8, 4) is 5.75 Å². The number of phenols is 1. The molecule has 0 spiro atoms. The predicted octanol–water partition coefficient (Wildman–Crippen LogP) is 3.49. The average molecular weight is 386 g/mol. The van der Waals surface area contributed by atoms with Gasteiger partial charge in [-0.15, -0.1) is 0 Å². The fourth-order valence-corrected chi connectivity index (χ4v) is 2.98. The number of rotatable bonds is 12. The van der Waals surface area contributed by atoms with Crippen molar-refractivity contribution in [2.75, 3.05) is 19.8 Å². The Kier molecular flexibility index (Phi) is 9.52. The van der Waals surface area contributed by atoms with E-state index in [1.165, 1.54) is 0 Å². The molecule has 0 aliphatic heterocycles. The van der Waals surface area contributed by atoms with Gasteiger partial charge in [-0.2, -0.15) is 0 Å². The van der Waals surface area contributed by atoms with Crippen molar-refractivity contribution in [1.82, 2.24) is 5.32 Å². The Morgan fingerprint density at radius 1 is 1.04 bits per heavy atom. The van der Waals surface area contributed by atoms with Crippen molar-refractivity contribution in [3.63, 3.8) is 0 Å². The number of nitrogens with one attached hydrogen (secondary N) is 1. The molecule has 28 heavy (non-hydrogen) atoms. The number of hydrogen-bond acceptors (Lipinski definition) is 4. The summed E-state index contributed by atoms with van der Waals surface area (Å²) in [6, 6.07) is 16.9. The zero-order valence-electron chi connectivity index (χ0n) is 16.8. The maximum absolute atomic E-state index is 12.4. The maximum Gasteiger partial charge on any atom is 0.220 e. The van der Waals surface area contributed by atoms with Gasteiger partial charge in [-0.25, -0.2) is 0 Å². The number of amides is 1. The van der Waals surface area contributed by atoms with Crippen LogP contribution in [0.5, 0.6) is 5.75 Å². The molecule has 0 saturated heterocycles. The maximum atomic E-state index is 12.4. The first-order valence-corrected chi connectivity index (χ1v) is 9.87. The number of hydrogen-bond donors (Lipinski definition) is 2. The van der Waals surface area contributed by atoms with Gasteiger partial charge in [-0.05, 0) is 49.9 Å². The summed E-state index contributed by atoms with van der Waals surface area (Å²) in [7, 11) is 0. The van der Waals surface area contributed by atoms with Gasteiger partial charge in [0.2, 0.25) is 5.91 Å². The molecule has 0 aliphatic rings. The smallest absolute Gasteiger partial charge is 0.220 e. The zero-order chi connectivity index (χ0) is 20.2. The van der Waals surface area contributed by atoms with Gasteiger partial charge in [0.05, 0.1) is 25.4 Å². The Balaban J connectivity index is 1.88. The number of phenolic OH excluding ortho intramolecular Hbond substituents is 1. The van der Waals surface area contributed by atoms with Crippen LogP contribution < -0.4 is 5.32 Å². The van der Waals surface area contributed by atoms with E-state index in [2.05, 4.69) is 5.32 Å². The standard InChI is InChI=1S/C23H31NO4/c1-3-28-18(2)16-27-17-21(15-20-9-12-22(25)13-10-20)24-23(26)14-11-19-7-5-4-6-8-19/h4-10,12-13,18,21,25H,3,11,14-17H2,1-2H3,(H,24,26)/t18-,21?/m1/s1. The summed E-state index contributed by atoms with van der Waals surface area (Å²) in [5.74, 6) is 0.239. The molecule has 0 fully saturated rings. The highest BCUT2D eigenvalue weighted by molar-refractivity contribution is 5.76. The minimum Gasteiger partial charge on any atom is -0.508 e. The Labute approximate surface area is 167 Å². The molecule has 5 heteroatoms. The Morgan fingerprint density at radius 2 is 1.75 bits per heavy atom. The summed E-state index contributed by atoms with van der Waals surface area (Å²) in [6.07, 6.45) is 1.81. The average Bonchev–Trinajstić information content (AvgIpc) is 2.69. The molecule has 2 N–H and O–H groups in total. The molecule has 2 aromatic carbocycles. The number of benzene rings is 2. The Morgan fingerprint density at radius 3 is 2.43 bits per heavy atom. The van der Waals surface area contributed by atoms with E-state index in [-0.39, 0.29) is 23.8 Å². The van der Waals surface area contributed by atoms with E-state index in [0.29, 0.717) is 39.1 Å². The third kappa shape index (κ3) is 8.55. The van der Waals surface area contributed by atoms with Crippen molar-refractivity contribution in [1.29, 1.82) is 0 Å². The van der Waals surface area contributed by atoms with E-state index in [0.717, 1.165) is 11.1 Å². The van der Waals surface area contributed by atoms with Crippen molar-refractivity contribution < 1.29 is 19.4 Å². The molecule has 2 atom stereocenters. The molecule has 1 amide bonds. The van der Waals surface area contributed by atoms with Crippen molar-refractivity contribution in [3.05, 3.63) is 65.7 Å². The number of carbonyl (C=O) groups excluding carboxylic acids is 1. The van der Waals surface area contributed by atoms with Crippen LogP contribution in [-0.2, 0) is 27.1 Å². The molecule has 0 bridgehead atoms. The van der Waals surface area contributed by atoms with Gasteiger partial charge in [0.25, 0.3) is 0 Å². The lowest BCUT2D eigenvalue weighted by Crippen LogP contribution is -2.40. The largest absolute Gasteiger partial charge is 0.508 e. The highest BCUT2D eigenvalue weighted by Crippen LogP contribution is 2.12. The van der Waals surface area contributed by atoms with Gasteiger partial charge >= 0.3 is 0 Å². The first kappa shape index (κ1) is 21.9. The lowest BCUT2D eigenvalue weighted by atomic mass is 10.1. The van der Waals surface area contributed by atoms with Gasteiger partial charge in [0.1, 0.15) is 5.75 Å². The molecule has 2 aromatic rings. The van der Waals surface area contributed by atoms with Crippen molar-refractivity contribution in [2.24, 2.45) is 0 Å². The molecule has 0 radical (unpaired) electrons. The molecule has 5 nitrogen and oxygen atoms in total. The van der Waals surface area contributed by atoms with Gasteiger partial charge in [-0.3, -0.25) is 4.79 Å². The number of aryl methyl sites for hydroxylation is 1. The van der Waals surface area contributed by atoms with Crippen LogP contribution in [0, 0.1) is 0 Å². The van der Waals surface area contributed by atoms with Crippen LogP contribution in [0.3, 0.4) is 0 Å². The normalized spacial score (nSPS) is 13.1. The van der Waals surface area contributed by atoms with E-state index < -0.39 is 0 Å². The summed E-state index contributed by atoms with van der Waals surface area (Å²) >= 11 is 0. The van der Waals surface area contributed by atoms with Crippen LogP contribution in [0.15, 0.2) is 54.6 Å². The topological polar surface area (TPSA) is 67.8 Å². The van der Waals surface area contributed by atoms with Crippen molar-refractivity contribution in [2.45, 2.75) is 45.3 Å². The summed E-state index contributed by atoms with van der Waals surface area (Å²) in [4.78, 5) is 12.4. The Bertz CT molecular complexity index is 688. The molecule has 1 unspecified atom stereocenters. The quantitative estimate of drug-likeness (QED) is 0.587. The second-order valence-corrected chi connectivity index (χ2v) is 6.92. The predicted molar refractivity (Wildman–Crippen MR) is 110 cm³/mol. The highest BCUT2D eigenvalue weighted by atomic mass is 16.5. The summed E-state index contributed by atoms with van der Waals surface area (Å²) in [6.45, 7) is 5.47. The van der Waals surface area contributed by atoms with Gasteiger partial charge in [0.15, 0.2) is 0 Å². The molecule has 2 rings (SSSR count). The molecule has 0 aliphatic carbocycles. The lowest BCUT2D eigenvalue weighted by Gasteiger charge is -2.20. The second-order valence-electron chi connectivity index (χ2n) is 6.92. The number of ether oxygens (including phenoxy) is 2. The van der Waals surface area contributed by atoms with Crippen LogP contribution >= 0.6 is 0 Å². The summed E-state index contributed by atoms with van der Waals surface area (Å²) in [5.41, 5.74) is 2.18. The highest BCUT2D eigenvalue weighted by Gasteiger charge is 2.15. The molecule has 0 aromatic heterocycles. The van der Waals surface area contributed by atoms with Crippen LogP contribution in [-0.4, -0.2) is 43.0 Å². The first-order valence-electron chi connectivity index (χ1n) is 9.87. The molecular formula is C23H31NO4. The molecule has 152 valence electrons. The van der Waals surface area contributed by atoms with Gasteiger partial charge in [0, 0.05) is 13.0 Å². The third-order valence-corrected chi connectivity index (χ3v) is 4.39. The van der Waals surface area contributed by atoms with E-state index in [1.807, 2.05) is 56.3 Å². The zero-order valence-corrected chi connectivity index (χ0v) is 16.8. The van der Waals surface area contributed by atoms with Crippen LogP contribution in [0.4, 0.5) is 0 Å². The monoisotopic (exact) mass is 385 g/mol. The van der Waals surface area contributed by atoms with Gasteiger partial charge in [-0.1, -0.05) is 42.5 Å². The molecule has 0 heterocycles. The van der Waals surface area contributed by atoms with Crippen LogP contribution in [0.1, 0.15) is 31.4 Å². The molecule has 0 saturated carbocycles. The van der Waals surface area contributed by atoms with Crippen LogP contribution in [0.25, 0.3) is 0 Å². The SMILES string of the molecule is CCO[C@H](C)COCC(Cc1ccc(O)cc1)NC(=O)CCc1ccccc1. The molecular weight excluding hydrogens is 354 g/mol. The lowest BCUT2D eigenvalue weighted by molar-refractivity contribution is -0.122. The fraction of sp³-hybridized carbons (Fsp3) is 0.435. The number of aromatic hydroxyl groups is 1. The van der Waals surface area contributed by atoms with Gasteiger partial charge < -0.3 is 19.9 Å².